The van der Waals surface area contributed by atoms with Crippen LogP contribution in [0.5, 0.6) is 0 Å². The van der Waals surface area contributed by atoms with E-state index in [0.717, 1.165) is 12.1 Å². The van der Waals surface area contributed by atoms with Crippen LogP contribution >= 0.6 is 0 Å². The maximum absolute atomic E-state index is 12.5. The normalized spacial score (nSPS) is 19.1. The van der Waals surface area contributed by atoms with Crippen molar-refractivity contribution in [2.45, 2.75) is 18.5 Å². The Morgan fingerprint density at radius 3 is 2.65 bits per heavy atom. The third-order valence-corrected chi connectivity index (χ3v) is 2.78. The molecule has 0 radical (unpaired) electrons. The Hall–Kier alpha value is -1.56. The van der Waals surface area contributed by atoms with Gasteiger partial charge in [-0.05, 0) is 36.7 Å². The summed E-state index contributed by atoms with van der Waals surface area (Å²) in [4.78, 5) is 11.5. The van der Waals surface area contributed by atoms with Gasteiger partial charge in [-0.25, -0.2) is 0 Å². The number of hydrogen-bond donors (Lipinski definition) is 2. The zero-order valence-electron chi connectivity index (χ0n) is 8.84. The topological polar surface area (TPSA) is 55.1 Å². The molecule has 1 atom stereocenters. The van der Waals surface area contributed by atoms with Gasteiger partial charge >= 0.3 is 6.18 Å². The van der Waals surface area contributed by atoms with Crippen LogP contribution in [0.4, 0.5) is 18.9 Å². The summed E-state index contributed by atoms with van der Waals surface area (Å²) >= 11 is 0. The van der Waals surface area contributed by atoms with E-state index in [-0.39, 0.29) is 12.5 Å². The van der Waals surface area contributed by atoms with E-state index >= 15 is 0 Å². The first-order valence-corrected chi connectivity index (χ1v) is 5.15. The number of hydrogen-bond acceptors (Lipinski definition) is 2. The molecular weight excluding hydrogens is 233 g/mol. The molecule has 17 heavy (non-hydrogen) atoms. The molecule has 2 rings (SSSR count). The van der Waals surface area contributed by atoms with Gasteiger partial charge in [0.25, 0.3) is 0 Å². The van der Waals surface area contributed by atoms with Crippen molar-refractivity contribution >= 4 is 11.6 Å². The van der Waals surface area contributed by atoms with Gasteiger partial charge in [-0.3, -0.25) is 4.79 Å². The Bertz CT molecular complexity index is 457. The number of benzene rings is 1. The summed E-state index contributed by atoms with van der Waals surface area (Å²) in [5, 5.41) is 2.55. The van der Waals surface area contributed by atoms with E-state index < -0.39 is 17.7 Å². The van der Waals surface area contributed by atoms with Crippen molar-refractivity contribution in [1.29, 1.82) is 0 Å². The van der Waals surface area contributed by atoms with Gasteiger partial charge in [0.05, 0.1) is 11.5 Å². The minimum Gasteiger partial charge on any atom is -0.330 e. The maximum Gasteiger partial charge on any atom is 0.416 e. The highest BCUT2D eigenvalue weighted by Gasteiger charge is 2.35. The lowest BCUT2D eigenvalue weighted by Crippen LogP contribution is -2.15. The summed E-state index contributed by atoms with van der Waals surface area (Å²) < 4.78 is 37.6. The molecule has 0 bridgehead atoms. The molecule has 0 spiro atoms. The standard InChI is InChI=1S/C11H11F3N2O/c12-11(13,14)6-1-2-9-8(5-6)7(3-4-15)10(17)16-9/h1-2,5,7H,3-4,15H2,(H,16,17). The minimum absolute atomic E-state index is 0.258. The Labute approximate surface area is 95.8 Å². The van der Waals surface area contributed by atoms with E-state index in [1.807, 2.05) is 0 Å². The summed E-state index contributed by atoms with van der Waals surface area (Å²) in [5.41, 5.74) is 5.44. The maximum atomic E-state index is 12.5. The number of alkyl halides is 3. The first-order chi connectivity index (χ1) is 7.93. The lowest BCUT2D eigenvalue weighted by atomic mass is 9.95. The van der Waals surface area contributed by atoms with Gasteiger partial charge in [-0.1, -0.05) is 0 Å². The Balaban J connectivity index is 2.42. The number of fused-ring (bicyclic) bond motifs is 1. The number of nitrogens with one attached hydrogen (secondary N) is 1. The third kappa shape index (κ3) is 2.12. The van der Waals surface area contributed by atoms with Crippen LogP contribution in [-0.2, 0) is 11.0 Å². The van der Waals surface area contributed by atoms with E-state index in [9.17, 15) is 18.0 Å². The molecular formula is C11H11F3N2O. The smallest absolute Gasteiger partial charge is 0.330 e. The average molecular weight is 244 g/mol. The van der Waals surface area contributed by atoms with Crippen LogP contribution < -0.4 is 11.1 Å². The van der Waals surface area contributed by atoms with Crippen LogP contribution in [0.15, 0.2) is 18.2 Å². The number of carbonyl (C=O) groups is 1. The van der Waals surface area contributed by atoms with Crippen LogP contribution in [0.3, 0.4) is 0 Å². The fourth-order valence-corrected chi connectivity index (χ4v) is 1.96. The lowest BCUT2D eigenvalue weighted by molar-refractivity contribution is -0.137. The van der Waals surface area contributed by atoms with Gasteiger partial charge in [0.15, 0.2) is 0 Å². The summed E-state index contributed by atoms with van der Waals surface area (Å²) in [5.74, 6) is -0.859. The number of anilines is 1. The molecule has 1 aromatic rings. The third-order valence-electron chi connectivity index (χ3n) is 2.78. The van der Waals surface area contributed by atoms with Crippen molar-refractivity contribution in [2.24, 2.45) is 5.73 Å². The highest BCUT2D eigenvalue weighted by atomic mass is 19.4. The van der Waals surface area contributed by atoms with Gasteiger partial charge < -0.3 is 11.1 Å². The summed E-state index contributed by atoms with van der Waals surface area (Å²) in [6.07, 6.45) is -4.05. The summed E-state index contributed by atoms with van der Waals surface area (Å²) in [6, 6.07) is 3.27. The van der Waals surface area contributed by atoms with E-state index in [4.69, 9.17) is 5.73 Å². The van der Waals surface area contributed by atoms with Gasteiger partial charge in [0.1, 0.15) is 0 Å². The van der Waals surface area contributed by atoms with Crippen molar-refractivity contribution in [3.63, 3.8) is 0 Å². The Morgan fingerprint density at radius 2 is 2.06 bits per heavy atom. The molecule has 0 saturated heterocycles. The van der Waals surface area contributed by atoms with E-state index in [1.165, 1.54) is 6.07 Å². The van der Waals surface area contributed by atoms with E-state index in [1.54, 1.807) is 0 Å². The molecule has 1 unspecified atom stereocenters. The van der Waals surface area contributed by atoms with Crippen molar-refractivity contribution in [3.05, 3.63) is 29.3 Å². The van der Waals surface area contributed by atoms with Crippen molar-refractivity contribution in [3.8, 4) is 0 Å². The predicted octanol–water partition coefficient (Wildman–Crippen LogP) is 2.09. The number of halogens is 3. The number of amides is 1. The zero-order chi connectivity index (χ0) is 12.6. The van der Waals surface area contributed by atoms with Crippen molar-refractivity contribution in [1.82, 2.24) is 0 Å². The lowest BCUT2D eigenvalue weighted by Gasteiger charge is -2.10. The summed E-state index contributed by atoms with van der Waals surface area (Å²) in [6.45, 7) is 0.258. The molecule has 3 nitrogen and oxygen atoms in total. The molecule has 1 heterocycles. The molecule has 1 aliphatic heterocycles. The second-order valence-corrected chi connectivity index (χ2v) is 3.92. The molecule has 0 fully saturated rings. The van der Waals surface area contributed by atoms with Gasteiger partial charge in [0, 0.05) is 5.69 Å². The second kappa shape index (κ2) is 4.03. The fourth-order valence-electron chi connectivity index (χ4n) is 1.96. The molecule has 1 aliphatic rings. The quantitative estimate of drug-likeness (QED) is 0.836. The van der Waals surface area contributed by atoms with E-state index in [0.29, 0.717) is 17.7 Å². The van der Waals surface area contributed by atoms with Crippen molar-refractivity contribution < 1.29 is 18.0 Å². The largest absolute Gasteiger partial charge is 0.416 e. The highest BCUT2D eigenvalue weighted by Crippen LogP contribution is 2.38. The van der Waals surface area contributed by atoms with Gasteiger partial charge in [-0.15, -0.1) is 0 Å². The fraction of sp³-hybridized carbons (Fsp3) is 0.364. The van der Waals surface area contributed by atoms with Crippen LogP contribution in [-0.4, -0.2) is 12.5 Å². The van der Waals surface area contributed by atoms with Gasteiger partial charge in [0.2, 0.25) is 5.91 Å². The number of nitrogens with two attached hydrogens (primary N) is 1. The van der Waals surface area contributed by atoms with Crippen molar-refractivity contribution in [2.75, 3.05) is 11.9 Å². The molecule has 6 heteroatoms. The first kappa shape index (κ1) is 11.9. The van der Waals surface area contributed by atoms with Crippen LogP contribution in [0, 0.1) is 0 Å². The summed E-state index contributed by atoms with van der Waals surface area (Å²) in [7, 11) is 0. The minimum atomic E-state index is -4.39. The number of rotatable bonds is 2. The van der Waals surface area contributed by atoms with Crippen LogP contribution in [0.1, 0.15) is 23.5 Å². The molecule has 0 aromatic heterocycles. The molecule has 3 N–H and O–H groups in total. The zero-order valence-corrected chi connectivity index (χ0v) is 8.84. The predicted molar refractivity (Wildman–Crippen MR) is 56.5 cm³/mol. The van der Waals surface area contributed by atoms with Gasteiger partial charge in [-0.2, -0.15) is 13.2 Å². The Kier molecular flexibility index (Phi) is 2.82. The highest BCUT2D eigenvalue weighted by molar-refractivity contribution is 6.02. The first-order valence-electron chi connectivity index (χ1n) is 5.15. The Morgan fingerprint density at radius 1 is 1.35 bits per heavy atom. The molecule has 0 aliphatic carbocycles. The molecule has 92 valence electrons. The average Bonchev–Trinajstić information content (AvgIpc) is 2.54. The van der Waals surface area contributed by atoms with Crippen LogP contribution in [0.25, 0.3) is 0 Å². The molecule has 1 amide bonds. The molecule has 1 aromatic carbocycles. The van der Waals surface area contributed by atoms with E-state index in [2.05, 4.69) is 5.32 Å². The molecule has 0 saturated carbocycles. The SMILES string of the molecule is NCCC1C(=O)Nc2ccc(C(F)(F)F)cc21. The number of carbonyl (C=O) groups excluding carboxylic acids is 1. The van der Waals surface area contributed by atoms with Crippen LogP contribution in [0.2, 0.25) is 0 Å². The second-order valence-electron chi connectivity index (χ2n) is 3.92. The monoisotopic (exact) mass is 244 g/mol.